The molecule has 0 saturated carbocycles. The smallest absolute Gasteiger partial charge is 0.259 e. The Hall–Kier alpha value is -4.45. The van der Waals surface area contributed by atoms with E-state index in [4.69, 9.17) is 0 Å². The van der Waals surface area contributed by atoms with E-state index in [0.717, 1.165) is 22.0 Å². The van der Waals surface area contributed by atoms with Crippen LogP contribution in [-0.2, 0) is 16.0 Å². The standard InChI is InChI=1S/C27H18FN3O2/c28-17-9-10-18-19(13-30-22(18)12-17)24-25(27(33)31-26(24)32)20-14-29-21-8-4-7-16(23(20)21)11-15-5-2-1-3-6-15/h1-10,12-14,29-30H,11H2,(H,31,32,33). The molecule has 0 atom stereocenters. The highest BCUT2D eigenvalue weighted by molar-refractivity contribution is 6.50. The fourth-order valence-electron chi connectivity index (χ4n) is 4.70. The number of carbonyl (C=O) groups is 2. The van der Waals surface area contributed by atoms with Crippen LogP contribution in [0, 0.1) is 5.82 Å². The zero-order chi connectivity index (χ0) is 22.5. The fraction of sp³-hybridized carbons (Fsp3) is 0.0370. The average Bonchev–Trinajstić information content (AvgIpc) is 3.49. The molecule has 2 aromatic heterocycles. The quantitative estimate of drug-likeness (QED) is 0.350. The van der Waals surface area contributed by atoms with Gasteiger partial charge in [0.25, 0.3) is 11.8 Å². The maximum Gasteiger partial charge on any atom is 0.259 e. The number of rotatable bonds is 4. The Morgan fingerprint density at radius 3 is 2.27 bits per heavy atom. The molecule has 6 rings (SSSR count). The fourth-order valence-corrected chi connectivity index (χ4v) is 4.70. The van der Waals surface area contributed by atoms with E-state index in [1.54, 1.807) is 18.5 Å². The number of imide groups is 1. The van der Waals surface area contributed by atoms with Crippen molar-refractivity contribution < 1.29 is 14.0 Å². The van der Waals surface area contributed by atoms with E-state index in [-0.39, 0.29) is 11.4 Å². The van der Waals surface area contributed by atoms with Gasteiger partial charge in [0.1, 0.15) is 5.82 Å². The second-order valence-electron chi connectivity index (χ2n) is 8.13. The SMILES string of the molecule is O=C1NC(=O)C(c2c[nH]c3cccc(Cc4ccccc4)c23)=C1c1c[nH]c2cc(F)ccc12. The molecule has 3 N–H and O–H groups in total. The first-order chi connectivity index (χ1) is 16.1. The van der Waals surface area contributed by atoms with Crippen LogP contribution in [0.15, 0.2) is 79.1 Å². The van der Waals surface area contributed by atoms with Crippen molar-refractivity contribution in [2.75, 3.05) is 0 Å². The van der Waals surface area contributed by atoms with Crippen molar-refractivity contribution in [3.8, 4) is 0 Å². The first-order valence-corrected chi connectivity index (χ1v) is 10.6. The minimum Gasteiger partial charge on any atom is -0.361 e. The van der Waals surface area contributed by atoms with Gasteiger partial charge in [0.05, 0.1) is 11.1 Å². The molecule has 3 heterocycles. The van der Waals surface area contributed by atoms with Crippen molar-refractivity contribution in [1.29, 1.82) is 0 Å². The highest BCUT2D eigenvalue weighted by Gasteiger charge is 2.35. The lowest BCUT2D eigenvalue weighted by Gasteiger charge is -2.08. The molecular weight excluding hydrogens is 417 g/mol. The monoisotopic (exact) mass is 435 g/mol. The molecule has 0 fully saturated rings. The highest BCUT2D eigenvalue weighted by Crippen LogP contribution is 2.38. The van der Waals surface area contributed by atoms with Crippen LogP contribution in [0.1, 0.15) is 22.3 Å². The number of hydrogen-bond donors (Lipinski definition) is 3. The van der Waals surface area contributed by atoms with Crippen LogP contribution < -0.4 is 5.32 Å². The normalized spacial score (nSPS) is 14.0. The van der Waals surface area contributed by atoms with E-state index < -0.39 is 11.8 Å². The average molecular weight is 435 g/mol. The summed E-state index contributed by atoms with van der Waals surface area (Å²) in [5.74, 6) is -1.28. The van der Waals surface area contributed by atoms with E-state index >= 15 is 0 Å². The number of carbonyl (C=O) groups excluding carboxylic acids is 2. The number of halogens is 1. The molecular formula is C27H18FN3O2. The minimum atomic E-state index is -0.463. The van der Waals surface area contributed by atoms with Crippen molar-refractivity contribution in [3.05, 3.63) is 107 Å². The van der Waals surface area contributed by atoms with Crippen LogP contribution in [-0.4, -0.2) is 21.8 Å². The molecule has 1 aliphatic heterocycles. The van der Waals surface area contributed by atoms with Crippen LogP contribution in [0.25, 0.3) is 33.0 Å². The van der Waals surface area contributed by atoms with Gasteiger partial charge in [-0.25, -0.2) is 4.39 Å². The van der Waals surface area contributed by atoms with Gasteiger partial charge in [0, 0.05) is 45.3 Å². The lowest BCUT2D eigenvalue weighted by Crippen LogP contribution is -2.22. The molecule has 160 valence electrons. The first-order valence-electron chi connectivity index (χ1n) is 10.6. The number of nitrogens with one attached hydrogen (secondary N) is 3. The van der Waals surface area contributed by atoms with Crippen LogP contribution in [0.5, 0.6) is 0 Å². The van der Waals surface area contributed by atoms with Gasteiger partial charge in [-0.3, -0.25) is 14.9 Å². The van der Waals surface area contributed by atoms with E-state index in [1.165, 1.54) is 12.1 Å². The van der Waals surface area contributed by atoms with Gasteiger partial charge in [-0.05, 0) is 41.8 Å². The number of aromatic nitrogens is 2. The number of benzene rings is 3. The first kappa shape index (κ1) is 19.3. The summed E-state index contributed by atoms with van der Waals surface area (Å²) >= 11 is 0. The topological polar surface area (TPSA) is 77.8 Å². The number of hydrogen-bond acceptors (Lipinski definition) is 2. The number of amides is 2. The van der Waals surface area contributed by atoms with Gasteiger partial charge >= 0.3 is 0 Å². The largest absolute Gasteiger partial charge is 0.361 e. The molecule has 33 heavy (non-hydrogen) atoms. The van der Waals surface area contributed by atoms with Gasteiger partial charge in [0.2, 0.25) is 0 Å². The summed E-state index contributed by atoms with van der Waals surface area (Å²) in [6.45, 7) is 0. The summed E-state index contributed by atoms with van der Waals surface area (Å²) in [5, 5.41) is 4.04. The molecule has 0 spiro atoms. The summed E-state index contributed by atoms with van der Waals surface area (Å²) in [6, 6.07) is 20.4. The summed E-state index contributed by atoms with van der Waals surface area (Å²) in [4.78, 5) is 32.2. The lowest BCUT2D eigenvalue weighted by atomic mass is 9.92. The third kappa shape index (κ3) is 3.07. The summed E-state index contributed by atoms with van der Waals surface area (Å²) in [6.07, 6.45) is 4.12. The predicted octanol–water partition coefficient (Wildman–Crippen LogP) is 4.95. The number of H-pyrrole nitrogens is 2. The van der Waals surface area contributed by atoms with E-state index in [2.05, 4.69) is 27.4 Å². The molecule has 2 amide bonds. The molecule has 6 heteroatoms. The lowest BCUT2D eigenvalue weighted by molar-refractivity contribution is -0.122. The van der Waals surface area contributed by atoms with Crippen LogP contribution in [0.2, 0.25) is 0 Å². The Morgan fingerprint density at radius 1 is 0.727 bits per heavy atom. The Bertz CT molecular complexity index is 1610. The summed E-state index contributed by atoms with van der Waals surface area (Å²) in [5.41, 5.74) is 5.49. The Morgan fingerprint density at radius 2 is 1.45 bits per heavy atom. The molecule has 3 aromatic carbocycles. The van der Waals surface area contributed by atoms with Gasteiger partial charge in [-0.15, -0.1) is 0 Å². The van der Waals surface area contributed by atoms with E-state index in [0.29, 0.717) is 34.0 Å². The van der Waals surface area contributed by atoms with Crippen molar-refractivity contribution >= 4 is 44.8 Å². The third-order valence-corrected chi connectivity index (χ3v) is 6.14. The summed E-state index contributed by atoms with van der Waals surface area (Å²) in [7, 11) is 0. The van der Waals surface area contributed by atoms with Gasteiger partial charge < -0.3 is 9.97 Å². The molecule has 1 aliphatic rings. The number of aromatic amines is 2. The molecule has 0 radical (unpaired) electrons. The molecule has 0 bridgehead atoms. The minimum absolute atomic E-state index is 0.285. The molecule has 5 aromatic rings. The van der Waals surface area contributed by atoms with Crippen LogP contribution in [0.4, 0.5) is 4.39 Å². The van der Waals surface area contributed by atoms with Crippen molar-refractivity contribution in [1.82, 2.24) is 15.3 Å². The van der Waals surface area contributed by atoms with Crippen LogP contribution in [0.3, 0.4) is 0 Å². The van der Waals surface area contributed by atoms with Crippen LogP contribution >= 0.6 is 0 Å². The molecule has 0 saturated heterocycles. The third-order valence-electron chi connectivity index (χ3n) is 6.14. The van der Waals surface area contributed by atoms with E-state index in [1.807, 2.05) is 36.4 Å². The predicted molar refractivity (Wildman–Crippen MR) is 126 cm³/mol. The van der Waals surface area contributed by atoms with Crippen molar-refractivity contribution in [2.24, 2.45) is 0 Å². The highest BCUT2D eigenvalue weighted by atomic mass is 19.1. The summed E-state index contributed by atoms with van der Waals surface area (Å²) < 4.78 is 13.7. The van der Waals surface area contributed by atoms with E-state index in [9.17, 15) is 14.0 Å². The van der Waals surface area contributed by atoms with Crippen molar-refractivity contribution in [3.63, 3.8) is 0 Å². The Kier molecular flexibility index (Phi) is 4.26. The molecule has 0 aliphatic carbocycles. The zero-order valence-corrected chi connectivity index (χ0v) is 17.4. The number of fused-ring (bicyclic) bond motifs is 2. The second kappa shape index (κ2) is 7.31. The maximum absolute atomic E-state index is 13.7. The van der Waals surface area contributed by atoms with Gasteiger partial charge in [-0.1, -0.05) is 42.5 Å². The van der Waals surface area contributed by atoms with Crippen molar-refractivity contribution in [2.45, 2.75) is 6.42 Å². The van der Waals surface area contributed by atoms with Gasteiger partial charge in [-0.2, -0.15) is 0 Å². The Balaban J connectivity index is 1.59. The Labute approximate surface area is 187 Å². The van der Waals surface area contributed by atoms with Gasteiger partial charge in [0.15, 0.2) is 0 Å². The maximum atomic E-state index is 13.7. The molecule has 5 nitrogen and oxygen atoms in total. The zero-order valence-electron chi connectivity index (χ0n) is 17.4. The molecule has 0 unspecified atom stereocenters. The second-order valence-corrected chi connectivity index (χ2v) is 8.13.